The van der Waals surface area contributed by atoms with E-state index in [9.17, 15) is 13.2 Å². The lowest BCUT2D eigenvalue weighted by atomic mass is 9.95. The Balaban J connectivity index is 1.49. The lowest BCUT2D eigenvalue weighted by Crippen LogP contribution is -2.45. The minimum atomic E-state index is -3.45. The first kappa shape index (κ1) is 19.5. The third kappa shape index (κ3) is 3.85. The molecule has 10 heteroatoms. The molecule has 4 rings (SSSR count). The number of sulfonamides is 1. The zero-order chi connectivity index (χ0) is 19.9. The number of rotatable bonds is 5. The van der Waals surface area contributed by atoms with Crippen LogP contribution >= 0.6 is 11.3 Å². The van der Waals surface area contributed by atoms with Crippen molar-refractivity contribution in [2.45, 2.75) is 51.0 Å². The molecule has 0 aliphatic heterocycles. The van der Waals surface area contributed by atoms with Gasteiger partial charge in [-0.25, -0.2) is 13.4 Å². The molecular weight excluding hydrogens is 398 g/mol. The standard InChI is InChI=1S/C18H25N5O3S2/c1-22-14-8-9-15-17(13(14)10-19-22)21-18(27-15)20-16(24)11-23(28(2,25)26)12-6-4-3-5-7-12/h10,12H,3-9,11H2,1-2H3,(H,20,21,24). The van der Waals surface area contributed by atoms with Crippen molar-refractivity contribution < 1.29 is 13.2 Å². The number of amides is 1. The molecule has 0 unspecified atom stereocenters. The molecule has 1 N–H and O–H groups in total. The van der Waals surface area contributed by atoms with E-state index in [1.807, 2.05) is 17.9 Å². The summed E-state index contributed by atoms with van der Waals surface area (Å²) >= 11 is 1.46. The number of nitrogens with zero attached hydrogens (tertiary/aromatic N) is 4. The number of nitrogens with one attached hydrogen (secondary N) is 1. The van der Waals surface area contributed by atoms with E-state index in [0.717, 1.165) is 66.8 Å². The van der Waals surface area contributed by atoms with Crippen LogP contribution in [-0.2, 0) is 34.7 Å². The Labute approximate surface area is 169 Å². The fourth-order valence-corrected chi connectivity index (χ4v) is 6.26. The highest BCUT2D eigenvalue weighted by molar-refractivity contribution is 7.88. The fourth-order valence-electron chi connectivity index (χ4n) is 4.16. The van der Waals surface area contributed by atoms with Crippen molar-refractivity contribution >= 4 is 32.4 Å². The topological polar surface area (TPSA) is 97.2 Å². The maximum atomic E-state index is 12.6. The number of anilines is 1. The average Bonchev–Trinajstić information content (AvgIpc) is 3.22. The van der Waals surface area contributed by atoms with E-state index in [1.165, 1.54) is 21.9 Å². The predicted molar refractivity (Wildman–Crippen MR) is 109 cm³/mol. The third-order valence-electron chi connectivity index (χ3n) is 5.56. The van der Waals surface area contributed by atoms with Crippen LogP contribution in [0.4, 0.5) is 5.13 Å². The molecule has 28 heavy (non-hydrogen) atoms. The summed E-state index contributed by atoms with van der Waals surface area (Å²) in [6, 6.07) is -0.0862. The van der Waals surface area contributed by atoms with Gasteiger partial charge in [-0.2, -0.15) is 9.40 Å². The molecule has 2 aliphatic rings. The van der Waals surface area contributed by atoms with Crippen LogP contribution in [0.2, 0.25) is 0 Å². The van der Waals surface area contributed by atoms with Crippen LogP contribution in [0.1, 0.15) is 42.7 Å². The van der Waals surface area contributed by atoms with Crippen LogP contribution in [0.3, 0.4) is 0 Å². The van der Waals surface area contributed by atoms with Crippen LogP contribution in [-0.4, -0.2) is 52.2 Å². The van der Waals surface area contributed by atoms with Crippen molar-refractivity contribution in [3.05, 3.63) is 16.8 Å². The summed E-state index contributed by atoms with van der Waals surface area (Å²) in [6.07, 6.45) is 9.53. The Morgan fingerprint density at radius 3 is 2.79 bits per heavy atom. The molecule has 0 spiro atoms. The SMILES string of the molecule is Cn1ncc2c1CCc1sc(NC(=O)CN(C3CCCCC3)S(C)(=O)=O)nc1-2. The second-order valence-electron chi connectivity index (χ2n) is 7.57. The summed E-state index contributed by atoms with van der Waals surface area (Å²) in [5.74, 6) is -0.339. The molecule has 0 bridgehead atoms. The first-order chi connectivity index (χ1) is 13.3. The summed E-state index contributed by atoms with van der Waals surface area (Å²) in [7, 11) is -1.53. The predicted octanol–water partition coefficient (Wildman–Crippen LogP) is 2.18. The van der Waals surface area contributed by atoms with E-state index in [0.29, 0.717) is 5.13 Å². The fraction of sp³-hybridized carbons (Fsp3) is 0.611. The zero-order valence-electron chi connectivity index (χ0n) is 16.1. The molecule has 2 aromatic heterocycles. The number of aryl methyl sites for hydroxylation is 2. The summed E-state index contributed by atoms with van der Waals surface area (Å²) < 4.78 is 27.7. The second kappa shape index (κ2) is 7.57. The Hall–Kier alpha value is -1.78. The van der Waals surface area contributed by atoms with Gasteiger partial charge in [0.15, 0.2) is 5.13 Å². The molecule has 2 aromatic rings. The molecule has 2 heterocycles. The highest BCUT2D eigenvalue weighted by Crippen LogP contribution is 2.37. The summed E-state index contributed by atoms with van der Waals surface area (Å²) in [6.45, 7) is -0.161. The van der Waals surface area contributed by atoms with E-state index in [1.54, 1.807) is 0 Å². The van der Waals surface area contributed by atoms with E-state index < -0.39 is 10.0 Å². The molecule has 1 amide bonds. The average molecular weight is 424 g/mol. The van der Waals surface area contributed by atoms with Crippen LogP contribution in [0.15, 0.2) is 6.20 Å². The van der Waals surface area contributed by atoms with E-state index in [4.69, 9.17) is 0 Å². The normalized spacial score (nSPS) is 17.4. The maximum absolute atomic E-state index is 12.6. The van der Waals surface area contributed by atoms with Crippen LogP contribution < -0.4 is 5.32 Å². The quantitative estimate of drug-likeness (QED) is 0.795. The van der Waals surface area contributed by atoms with Gasteiger partial charge in [0, 0.05) is 29.2 Å². The zero-order valence-corrected chi connectivity index (χ0v) is 17.8. The monoisotopic (exact) mass is 423 g/mol. The molecule has 0 atom stereocenters. The summed E-state index contributed by atoms with van der Waals surface area (Å²) in [4.78, 5) is 18.3. The van der Waals surface area contributed by atoms with Crippen molar-refractivity contribution in [1.29, 1.82) is 0 Å². The Morgan fingerprint density at radius 2 is 2.07 bits per heavy atom. The van der Waals surface area contributed by atoms with Gasteiger partial charge in [0.2, 0.25) is 15.9 Å². The minimum absolute atomic E-state index is 0.0862. The van der Waals surface area contributed by atoms with Crippen molar-refractivity contribution in [1.82, 2.24) is 19.1 Å². The third-order valence-corrected chi connectivity index (χ3v) is 7.87. The van der Waals surface area contributed by atoms with Crippen LogP contribution in [0, 0.1) is 0 Å². The number of fused-ring (bicyclic) bond motifs is 3. The summed E-state index contributed by atoms with van der Waals surface area (Å²) in [5, 5.41) is 7.64. The lowest BCUT2D eigenvalue weighted by molar-refractivity contribution is -0.116. The number of carbonyl (C=O) groups is 1. The van der Waals surface area contributed by atoms with Crippen LogP contribution in [0.5, 0.6) is 0 Å². The van der Waals surface area contributed by atoms with Crippen LogP contribution in [0.25, 0.3) is 11.3 Å². The molecule has 0 radical (unpaired) electrons. The Morgan fingerprint density at radius 1 is 1.32 bits per heavy atom. The van der Waals surface area contributed by atoms with E-state index >= 15 is 0 Å². The minimum Gasteiger partial charge on any atom is -0.301 e. The van der Waals surface area contributed by atoms with Gasteiger partial charge in [-0.05, 0) is 25.7 Å². The number of aromatic nitrogens is 3. The van der Waals surface area contributed by atoms with E-state index in [-0.39, 0.29) is 18.5 Å². The maximum Gasteiger partial charge on any atom is 0.241 e. The van der Waals surface area contributed by atoms with Crippen molar-refractivity contribution in [2.24, 2.45) is 7.05 Å². The van der Waals surface area contributed by atoms with Crippen molar-refractivity contribution in [3.8, 4) is 11.3 Å². The van der Waals surface area contributed by atoms with E-state index in [2.05, 4.69) is 15.4 Å². The van der Waals surface area contributed by atoms with Gasteiger partial charge in [-0.15, -0.1) is 11.3 Å². The Kier molecular flexibility index (Phi) is 5.28. The molecule has 1 fully saturated rings. The number of thiazole rings is 1. The molecule has 2 aliphatic carbocycles. The highest BCUT2D eigenvalue weighted by atomic mass is 32.2. The van der Waals surface area contributed by atoms with Crippen molar-refractivity contribution in [3.63, 3.8) is 0 Å². The molecule has 152 valence electrons. The smallest absolute Gasteiger partial charge is 0.241 e. The number of hydrogen-bond acceptors (Lipinski definition) is 6. The molecule has 1 saturated carbocycles. The van der Waals surface area contributed by atoms with Gasteiger partial charge in [0.25, 0.3) is 0 Å². The van der Waals surface area contributed by atoms with Gasteiger partial charge in [0.1, 0.15) is 0 Å². The van der Waals surface area contributed by atoms with Gasteiger partial charge in [-0.1, -0.05) is 19.3 Å². The second-order valence-corrected chi connectivity index (χ2v) is 10.6. The molecule has 0 aromatic carbocycles. The van der Waals surface area contributed by atoms with Gasteiger partial charge < -0.3 is 5.32 Å². The first-order valence-corrected chi connectivity index (χ1v) is 12.3. The van der Waals surface area contributed by atoms with Gasteiger partial charge in [-0.3, -0.25) is 9.48 Å². The largest absolute Gasteiger partial charge is 0.301 e. The summed E-state index contributed by atoms with van der Waals surface area (Å²) in [5.41, 5.74) is 3.04. The van der Waals surface area contributed by atoms with Gasteiger partial charge in [0.05, 0.1) is 24.7 Å². The molecule has 8 nitrogen and oxygen atoms in total. The van der Waals surface area contributed by atoms with Gasteiger partial charge >= 0.3 is 0 Å². The van der Waals surface area contributed by atoms with Crippen molar-refractivity contribution in [2.75, 3.05) is 18.1 Å². The first-order valence-electron chi connectivity index (χ1n) is 9.60. The molecule has 0 saturated heterocycles. The number of carbonyl (C=O) groups excluding carboxylic acids is 1. The highest BCUT2D eigenvalue weighted by Gasteiger charge is 2.30. The Bertz CT molecular complexity index is 989. The lowest BCUT2D eigenvalue weighted by Gasteiger charge is -2.31. The molecular formula is C18H25N5O3S2. The number of hydrogen-bond donors (Lipinski definition) is 1.